The molecule has 0 unspecified atom stereocenters. The van der Waals surface area contributed by atoms with Gasteiger partial charge in [-0.1, -0.05) is 23.4 Å². The van der Waals surface area contributed by atoms with E-state index in [0.29, 0.717) is 17.2 Å². The molecule has 0 atom stereocenters. The van der Waals surface area contributed by atoms with Crippen molar-refractivity contribution in [2.24, 2.45) is 0 Å². The summed E-state index contributed by atoms with van der Waals surface area (Å²) in [5, 5.41) is 11.9. The largest absolute Gasteiger partial charge is 0.305 e. The molecule has 0 aliphatic rings. The van der Waals surface area contributed by atoms with Crippen LogP contribution in [-0.4, -0.2) is 30.9 Å². The number of aryl methyl sites for hydroxylation is 1. The molecule has 1 aromatic carbocycles. The molecule has 0 bridgehead atoms. The summed E-state index contributed by atoms with van der Waals surface area (Å²) in [6, 6.07) is 15.2. The molecule has 1 amide bonds. The molecule has 0 fully saturated rings. The highest BCUT2D eigenvalue weighted by Crippen LogP contribution is 2.17. The third-order valence-corrected chi connectivity index (χ3v) is 4.16. The van der Waals surface area contributed by atoms with Crippen molar-refractivity contribution in [2.75, 3.05) is 5.32 Å². The van der Waals surface area contributed by atoms with Crippen molar-refractivity contribution in [3.05, 3.63) is 71.7 Å². The van der Waals surface area contributed by atoms with E-state index in [0.717, 1.165) is 16.6 Å². The van der Waals surface area contributed by atoms with Crippen molar-refractivity contribution >= 4 is 22.8 Å². The molecule has 0 aliphatic carbocycles. The molecule has 128 valence electrons. The van der Waals surface area contributed by atoms with Crippen molar-refractivity contribution in [1.82, 2.24) is 25.0 Å². The number of anilines is 1. The van der Waals surface area contributed by atoms with E-state index >= 15 is 0 Å². The molecule has 1 N–H and O–H groups in total. The summed E-state index contributed by atoms with van der Waals surface area (Å²) < 4.78 is 1.67. The lowest BCUT2D eigenvalue weighted by atomic mass is 10.2. The monoisotopic (exact) mass is 344 g/mol. The Morgan fingerprint density at radius 2 is 1.88 bits per heavy atom. The van der Waals surface area contributed by atoms with Crippen LogP contribution in [0.2, 0.25) is 0 Å². The normalized spacial score (nSPS) is 10.8. The number of hydrogen-bond acceptors (Lipinski definition) is 5. The molecule has 7 nitrogen and oxygen atoms in total. The Bertz CT molecular complexity index is 1120. The Balaban J connectivity index is 1.63. The lowest BCUT2D eigenvalue weighted by molar-refractivity contribution is 0.102. The Morgan fingerprint density at radius 3 is 2.73 bits per heavy atom. The smallest absolute Gasteiger partial charge is 0.279 e. The van der Waals surface area contributed by atoms with Gasteiger partial charge in [-0.15, -0.1) is 5.10 Å². The minimum absolute atomic E-state index is 0.260. The summed E-state index contributed by atoms with van der Waals surface area (Å²) in [4.78, 5) is 21.2. The second-order valence-corrected chi connectivity index (χ2v) is 5.92. The molecule has 26 heavy (non-hydrogen) atoms. The Morgan fingerprint density at radius 1 is 1.04 bits per heavy atom. The van der Waals surface area contributed by atoms with Crippen molar-refractivity contribution in [3.63, 3.8) is 0 Å². The van der Waals surface area contributed by atoms with Crippen LogP contribution in [-0.2, 0) is 0 Å². The average Bonchev–Trinajstić information content (AvgIpc) is 3.03. The predicted octanol–water partition coefficient (Wildman–Crippen LogP) is 3.08. The highest BCUT2D eigenvalue weighted by molar-refractivity contribution is 6.03. The topological polar surface area (TPSA) is 85.6 Å². The van der Waals surface area contributed by atoms with Crippen LogP contribution < -0.4 is 5.32 Å². The van der Waals surface area contributed by atoms with Gasteiger partial charge in [-0.2, -0.15) is 0 Å². The Labute approximate surface area is 149 Å². The maximum atomic E-state index is 12.6. The third-order valence-electron chi connectivity index (χ3n) is 4.16. The number of carbonyl (C=O) groups is 1. The van der Waals surface area contributed by atoms with Gasteiger partial charge in [-0.25, -0.2) is 14.6 Å². The SMILES string of the molecule is Cc1ccccc1-n1nnc(C(=O)Nc2ccc3cccnc3n2)c1C. The number of fused-ring (bicyclic) bond motifs is 1. The lowest BCUT2D eigenvalue weighted by Crippen LogP contribution is -2.15. The van der Waals surface area contributed by atoms with E-state index in [1.165, 1.54) is 0 Å². The first-order chi connectivity index (χ1) is 12.6. The highest BCUT2D eigenvalue weighted by atomic mass is 16.2. The van der Waals surface area contributed by atoms with Crippen molar-refractivity contribution in [1.29, 1.82) is 0 Å². The number of carbonyl (C=O) groups excluding carboxylic acids is 1. The average molecular weight is 344 g/mol. The van der Waals surface area contributed by atoms with Crippen LogP contribution in [0.3, 0.4) is 0 Å². The van der Waals surface area contributed by atoms with E-state index in [1.807, 2.05) is 56.3 Å². The van der Waals surface area contributed by atoms with Gasteiger partial charge in [-0.05, 0) is 49.7 Å². The van der Waals surface area contributed by atoms with Crippen molar-refractivity contribution in [2.45, 2.75) is 13.8 Å². The molecular formula is C19H16N6O. The first-order valence-electron chi connectivity index (χ1n) is 8.15. The standard InChI is InChI=1S/C19H16N6O/c1-12-6-3-4-8-15(12)25-13(2)17(23-24-25)19(26)22-16-10-9-14-7-5-11-20-18(14)21-16/h3-11H,1-2H3,(H,20,21,22,26). The van der Waals surface area contributed by atoms with E-state index in [1.54, 1.807) is 16.9 Å². The zero-order valence-corrected chi connectivity index (χ0v) is 14.3. The number of para-hydroxylation sites is 1. The van der Waals surface area contributed by atoms with Gasteiger partial charge < -0.3 is 5.32 Å². The second kappa shape index (κ2) is 6.36. The summed E-state index contributed by atoms with van der Waals surface area (Å²) in [6.07, 6.45) is 1.67. The zero-order valence-electron chi connectivity index (χ0n) is 14.3. The molecule has 4 aromatic rings. The number of rotatable bonds is 3. The molecule has 0 saturated heterocycles. The van der Waals surface area contributed by atoms with E-state index in [4.69, 9.17) is 0 Å². The number of hydrogen-bond donors (Lipinski definition) is 1. The molecule has 0 spiro atoms. The number of aromatic nitrogens is 5. The molecule has 3 aromatic heterocycles. The van der Waals surface area contributed by atoms with Crippen molar-refractivity contribution in [3.8, 4) is 5.69 Å². The van der Waals surface area contributed by atoms with Gasteiger partial charge in [-0.3, -0.25) is 4.79 Å². The Kier molecular flexibility index (Phi) is 3.89. The van der Waals surface area contributed by atoms with E-state index < -0.39 is 0 Å². The van der Waals surface area contributed by atoms with Gasteiger partial charge >= 0.3 is 0 Å². The summed E-state index contributed by atoms with van der Waals surface area (Å²) in [5.41, 5.74) is 3.44. The fourth-order valence-electron chi connectivity index (χ4n) is 2.77. The molecule has 0 saturated carbocycles. The molecule has 7 heteroatoms. The van der Waals surface area contributed by atoms with Crippen LogP contribution in [0.1, 0.15) is 21.7 Å². The zero-order chi connectivity index (χ0) is 18.1. The molecular weight excluding hydrogens is 328 g/mol. The van der Waals surface area contributed by atoms with Crippen LogP contribution in [0, 0.1) is 13.8 Å². The molecule has 0 aliphatic heterocycles. The minimum Gasteiger partial charge on any atom is -0.305 e. The summed E-state index contributed by atoms with van der Waals surface area (Å²) >= 11 is 0. The summed E-state index contributed by atoms with van der Waals surface area (Å²) in [7, 11) is 0. The summed E-state index contributed by atoms with van der Waals surface area (Å²) in [5.74, 6) is 0.0659. The van der Waals surface area contributed by atoms with Gasteiger partial charge in [0, 0.05) is 11.6 Å². The van der Waals surface area contributed by atoms with Crippen LogP contribution in [0.25, 0.3) is 16.7 Å². The van der Waals surface area contributed by atoms with Gasteiger partial charge in [0.25, 0.3) is 5.91 Å². The van der Waals surface area contributed by atoms with Crippen LogP contribution in [0.4, 0.5) is 5.82 Å². The molecule has 0 radical (unpaired) electrons. The second-order valence-electron chi connectivity index (χ2n) is 5.92. The van der Waals surface area contributed by atoms with Crippen LogP contribution in [0.5, 0.6) is 0 Å². The fraction of sp³-hybridized carbons (Fsp3) is 0.105. The predicted molar refractivity (Wildman–Crippen MR) is 98.3 cm³/mol. The van der Waals surface area contributed by atoms with Crippen LogP contribution in [0.15, 0.2) is 54.7 Å². The third kappa shape index (κ3) is 2.79. The number of nitrogens with zero attached hydrogens (tertiary/aromatic N) is 5. The van der Waals surface area contributed by atoms with Crippen molar-refractivity contribution < 1.29 is 4.79 Å². The maximum Gasteiger partial charge on any atom is 0.279 e. The number of nitrogens with one attached hydrogen (secondary N) is 1. The molecule has 3 heterocycles. The maximum absolute atomic E-state index is 12.6. The van der Waals surface area contributed by atoms with E-state index in [-0.39, 0.29) is 11.6 Å². The number of amides is 1. The minimum atomic E-state index is -0.356. The Hall–Kier alpha value is -3.61. The number of pyridine rings is 2. The highest BCUT2D eigenvalue weighted by Gasteiger charge is 2.18. The van der Waals surface area contributed by atoms with Gasteiger partial charge in [0.1, 0.15) is 5.82 Å². The quantitative estimate of drug-likeness (QED) is 0.617. The first-order valence-corrected chi connectivity index (χ1v) is 8.15. The fourth-order valence-corrected chi connectivity index (χ4v) is 2.77. The summed E-state index contributed by atoms with van der Waals surface area (Å²) in [6.45, 7) is 3.80. The first kappa shape index (κ1) is 15.9. The van der Waals surface area contributed by atoms with E-state index in [2.05, 4.69) is 25.6 Å². The van der Waals surface area contributed by atoms with Gasteiger partial charge in [0.15, 0.2) is 11.3 Å². The lowest BCUT2D eigenvalue weighted by Gasteiger charge is -2.07. The number of benzene rings is 1. The van der Waals surface area contributed by atoms with Crippen LogP contribution >= 0.6 is 0 Å². The van der Waals surface area contributed by atoms with E-state index in [9.17, 15) is 4.79 Å². The van der Waals surface area contributed by atoms with Gasteiger partial charge in [0.2, 0.25) is 0 Å². The molecule has 4 rings (SSSR count). The van der Waals surface area contributed by atoms with Gasteiger partial charge in [0.05, 0.1) is 11.4 Å².